The summed E-state index contributed by atoms with van der Waals surface area (Å²) in [5.74, 6) is 0.499. The molecule has 2 aromatic rings. The second-order valence-electron chi connectivity index (χ2n) is 5.83. The number of ether oxygens (including phenoxy) is 1. The van der Waals surface area contributed by atoms with Crippen LogP contribution in [0.1, 0.15) is 36.9 Å². The fourth-order valence-electron chi connectivity index (χ4n) is 2.65. The van der Waals surface area contributed by atoms with Gasteiger partial charge in [-0.1, -0.05) is 12.1 Å². The highest BCUT2D eigenvalue weighted by molar-refractivity contribution is 5.91. The molecule has 0 aliphatic heterocycles. The average molecular weight is 323 g/mol. The van der Waals surface area contributed by atoms with E-state index in [4.69, 9.17) is 4.74 Å². The number of nitrogens with zero attached hydrogens (tertiary/aromatic N) is 2. The van der Waals surface area contributed by atoms with Crippen molar-refractivity contribution in [3.05, 3.63) is 60.1 Å². The third kappa shape index (κ3) is 4.91. The molecule has 1 fully saturated rings. The Morgan fingerprint density at radius 1 is 1.21 bits per heavy atom. The molecule has 1 N–H and O–H groups in total. The van der Waals surface area contributed by atoms with Crippen LogP contribution in [0, 0.1) is 0 Å². The summed E-state index contributed by atoms with van der Waals surface area (Å²) in [7, 11) is 0. The quantitative estimate of drug-likeness (QED) is 0.830. The van der Waals surface area contributed by atoms with Crippen LogP contribution in [-0.2, 0) is 11.3 Å². The molecule has 3 rings (SSSR count). The highest BCUT2D eigenvalue weighted by Gasteiger charge is 2.16. The first-order valence-corrected chi connectivity index (χ1v) is 8.28. The number of aromatic nitrogens is 2. The van der Waals surface area contributed by atoms with Crippen molar-refractivity contribution in [3.8, 4) is 5.88 Å². The molecule has 0 bridgehead atoms. The largest absolute Gasteiger partial charge is 0.474 e. The predicted molar refractivity (Wildman–Crippen MR) is 92.2 cm³/mol. The SMILES string of the molecule is O=C(C=Cc1ccccn1)NCc1ccc(OC2CCCC2)nc1. The van der Waals surface area contributed by atoms with Gasteiger partial charge in [-0.25, -0.2) is 4.98 Å². The Hall–Kier alpha value is -2.69. The van der Waals surface area contributed by atoms with Gasteiger partial charge >= 0.3 is 0 Å². The summed E-state index contributed by atoms with van der Waals surface area (Å²) in [5.41, 5.74) is 1.69. The Morgan fingerprint density at radius 3 is 2.79 bits per heavy atom. The van der Waals surface area contributed by atoms with Crippen LogP contribution < -0.4 is 10.1 Å². The van der Waals surface area contributed by atoms with Crippen LogP contribution >= 0.6 is 0 Å². The molecule has 124 valence electrons. The van der Waals surface area contributed by atoms with Crippen molar-refractivity contribution in [2.24, 2.45) is 0 Å². The van der Waals surface area contributed by atoms with Gasteiger partial charge in [-0.2, -0.15) is 0 Å². The van der Waals surface area contributed by atoms with Crippen molar-refractivity contribution in [3.63, 3.8) is 0 Å². The molecule has 5 heteroatoms. The smallest absolute Gasteiger partial charge is 0.244 e. The maximum absolute atomic E-state index is 11.8. The van der Waals surface area contributed by atoms with Gasteiger partial charge in [0.05, 0.1) is 5.69 Å². The molecule has 1 aliphatic rings. The van der Waals surface area contributed by atoms with Crippen LogP contribution in [0.5, 0.6) is 5.88 Å². The van der Waals surface area contributed by atoms with E-state index < -0.39 is 0 Å². The van der Waals surface area contributed by atoms with Gasteiger partial charge < -0.3 is 10.1 Å². The third-order valence-electron chi connectivity index (χ3n) is 3.95. The van der Waals surface area contributed by atoms with Gasteiger partial charge in [-0.05, 0) is 49.5 Å². The van der Waals surface area contributed by atoms with Crippen LogP contribution in [0.2, 0.25) is 0 Å². The van der Waals surface area contributed by atoms with Gasteiger partial charge in [0.25, 0.3) is 0 Å². The van der Waals surface area contributed by atoms with Crippen LogP contribution in [0.3, 0.4) is 0 Å². The summed E-state index contributed by atoms with van der Waals surface area (Å²) in [6.07, 6.45) is 11.6. The summed E-state index contributed by atoms with van der Waals surface area (Å²) in [6.45, 7) is 0.433. The van der Waals surface area contributed by atoms with Gasteiger partial charge in [0.15, 0.2) is 0 Å². The molecular weight excluding hydrogens is 302 g/mol. The fraction of sp³-hybridized carbons (Fsp3) is 0.316. The number of carbonyl (C=O) groups is 1. The molecule has 2 aromatic heterocycles. The zero-order valence-electron chi connectivity index (χ0n) is 13.5. The van der Waals surface area contributed by atoms with E-state index in [-0.39, 0.29) is 5.91 Å². The number of rotatable bonds is 6. The maximum atomic E-state index is 11.8. The molecule has 0 atom stereocenters. The van der Waals surface area contributed by atoms with E-state index in [2.05, 4.69) is 15.3 Å². The molecule has 2 heterocycles. The first kappa shape index (κ1) is 16.2. The molecule has 0 radical (unpaired) electrons. The lowest BCUT2D eigenvalue weighted by Gasteiger charge is -2.12. The molecule has 24 heavy (non-hydrogen) atoms. The molecule has 1 saturated carbocycles. The lowest BCUT2D eigenvalue weighted by Crippen LogP contribution is -2.20. The Kier molecular flexibility index (Phi) is 5.56. The second-order valence-corrected chi connectivity index (χ2v) is 5.83. The Labute approximate surface area is 141 Å². The minimum Gasteiger partial charge on any atom is -0.474 e. The van der Waals surface area contributed by atoms with Crippen molar-refractivity contribution in [1.29, 1.82) is 0 Å². The van der Waals surface area contributed by atoms with Crippen LogP contribution in [0.4, 0.5) is 0 Å². The monoisotopic (exact) mass is 323 g/mol. The van der Waals surface area contributed by atoms with E-state index in [1.165, 1.54) is 18.9 Å². The zero-order valence-corrected chi connectivity index (χ0v) is 13.5. The Morgan fingerprint density at radius 2 is 2.08 bits per heavy atom. The molecule has 0 aromatic carbocycles. The minimum absolute atomic E-state index is 0.160. The number of nitrogens with one attached hydrogen (secondary N) is 1. The number of amides is 1. The van der Waals surface area contributed by atoms with Crippen molar-refractivity contribution in [2.45, 2.75) is 38.3 Å². The molecule has 5 nitrogen and oxygen atoms in total. The van der Waals surface area contributed by atoms with Crippen LogP contribution in [-0.4, -0.2) is 22.0 Å². The van der Waals surface area contributed by atoms with E-state index in [1.807, 2.05) is 30.3 Å². The van der Waals surface area contributed by atoms with Gasteiger partial charge in [-0.15, -0.1) is 0 Å². The van der Waals surface area contributed by atoms with Crippen LogP contribution in [0.15, 0.2) is 48.8 Å². The lowest BCUT2D eigenvalue weighted by atomic mass is 10.2. The predicted octanol–water partition coefficient (Wildman–Crippen LogP) is 3.13. The molecule has 0 spiro atoms. The van der Waals surface area contributed by atoms with Gasteiger partial charge in [0.1, 0.15) is 6.10 Å². The van der Waals surface area contributed by atoms with E-state index >= 15 is 0 Å². The molecular formula is C19H21N3O2. The van der Waals surface area contributed by atoms with E-state index in [1.54, 1.807) is 18.5 Å². The maximum Gasteiger partial charge on any atom is 0.244 e. The number of hydrogen-bond donors (Lipinski definition) is 1. The summed E-state index contributed by atoms with van der Waals surface area (Å²) in [6, 6.07) is 9.36. The van der Waals surface area contributed by atoms with Gasteiger partial charge in [-0.3, -0.25) is 9.78 Å². The van der Waals surface area contributed by atoms with Crippen molar-refractivity contribution < 1.29 is 9.53 Å². The zero-order chi connectivity index (χ0) is 16.6. The van der Waals surface area contributed by atoms with Crippen molar-refractivity contribution in [1.82, 2.24) is 15.3 Å². The minimum atomic E-state index is -0.160. The number of carbonyl (C=O) groups excluding carboxylic acids is 1. The fourth-order valence-corrected chi connectivity index (χ4v) is 2.65. The van der Waals surface area contributed by atoms with E-state index in [9.17, 15) is 4.79 Å². The standard InChI is InChI=1S/C19H21N3O2/c23-18(10-9-16-5-3-4-12-20-16)21-13-15-8-11-19(22-14-15)24-17-6-1-2-7-17/h3-5,8-12,14,17H,1-2,6-7,13H2,(H,21,23). The number of hydrogen-bond acceptors (Lipinski definition) is 4. The van der Waals surface area contributed by atoms with Crippen molar-refractivity contribution >= 4 is 12.0 Å². The lowest BCUT2D eigenvalue weighted by molar-refractivity contribution is -0.116. The van der Waals surface area contributed by atoms with E-state index in [0.29, 0.717) is 18.5 Å². The first-order chi connectivity index (χ1) is 11.8. The summed E-state index contributed by atoms with van der Waals surface area (Å²) in [5, 5.41) is 2.83. The van der Waals surface area contributed by atoms with Gasteiger partial charge in [0.2, 0.25) is 11.8 Å². The third-order valence-corrected chi connectivity index (χ3v) is 3.95. The van der Waals surface area contributed by atoms with Crippen molar-refractivity contribution in [2.75, 3.05) is 0 Å². The topological polar surface area (TPSA) is 64.1 Å². The average Bonchev–Trinajstić information content (AvgIpc) is 3.13. The highest BCUT2D eigenvalue weighted by Crippen LogP contribution is 2.22. The first-order valence-electron chi connectivity index (χ1n) is 8.28. The highest BCUT2D eigenvalue weighted by atomic mass is 16.5. The molecule has 1 amide bonds. The normalized spacial score (nSPS) is 14.8. The number of pyridine rings is 2. The Balaban J connectivity index is 1.45. The van der Waals surface area contributed by atoms with E-state index in [0.717, 1.165) is 24.1 Å². The molecule has 0 saturated heterocycles. The second kappa shape index (κ2) is 8.24. The molecule has 0 unspecified atom stereocenters. The summed E-state index contributed by atoms with van der Waals surface area (Å²) in [4.78, 5) is 20.3. The summed E-state index contributed by atoms with van der Waals surface area (Å²) >= 11 is 0. The summed E-state index contributed by atoms with van der Waals surface area (Å²) < 4.78 is 5.83. The van der Waals surface area contributed by atoms with Gasteiger partial charge in [0, 0.05) is 31.1 Å². The van der Waals surface area contributed by atoms with Crippen LogP contribution in [0.25, 0.3) is 6.08 Å². The molecule has 1 aliphatic carbocycles. The Bertz CT molecular complexity index is 678.